The molecule has 0 saturated heterocycles. The van der Waals surface area contributed by atoms with Crippen molar-refractivity contribution >= 4 is 42.8 Å². The maximum absolute atomic E-state index is 2.47. The molecule has 136 valence electrons. The van der Waals surface area contributed by atoms with Crippen LogP contribution in [0.3, 0.4) is 0 Å². The number of benzene rings is 3. The smallest absolute Gasteiger partial charge is 0.0445 e. The monoisotopic (exact) mass is 396 g/mol. The standard InChI is InChI=1S/C26H20S2/c1-2-3-10-17-15-21-25-20(13-14-27-25)23-22-18(16-8-5-4-6-9-16)11-7-12-19(22)24(23)26(21)28-17/h4-9,11-15H,2-3,10H2,1H3. The minimum Gasteiger partial charge on any atom is -0.143 e. The van der Waals surface area contributed by atoms with E-state index in [0.29, 0.717) is 0 Å². The summed E-state index contributed by atoms with van der Waals surface area (Å²) in [6.45, 7) is 2.28. The van der Waals surface area contributed by atoms with E-state index in [1.807, 2.05) is 22.7 Å². The minimum atomic E-state index is 1.20. The Labute approximate surface area is 171 Å². The SMILES string of the molecule is CCCCc1cc2c(s1)c1c(c3ccsc32)=c2c(-c3ccccc3)cccc2=1. The summed E-state index contributed by atoms with van der Waals surface area (Å²) in [5, 5.41) is 11.0. The molecule has 0 saturated carbocycles. The molecule has 2 aromatic heterocycles. The molecule has 0 atom stereocenters. The van der Waals surface area contributed by atoms with E-state index in [0.717, 1.165) is 0 Å². The molecule has 3 aromatic carbocycles. The van der Waals surface area contributed by atoms with Crippen LogP contribution in [0, 0.1) is 20.9 Å². The number of fused-ring (bicyclic) bond motifs is 7. The molecule has 1 aliphatic rings. The fourth-order valence-electron chi connectivity index (χ4n) is 4.58. The molecule has 0 radical (unpaired) electrons. The predicted molar refractivity (Wildman–Crippen MR) is 123 cm³/mol. The van der Waals surface area contributed by atoms with Crippen LogP contribution in [0.4, 0.5) is 0 Å². The number of hydrogen-bond acceptors (Lipinski definition) is 2. The topological polar surface area (TPSA) is 0 Å². The maximum Gasteiger partial charge on any atom is 0.0445 e. The molecule has 2 heterocycles. The number of hydrogen-bond donors (Lipinski definition) is 0. The van der Waals surface area contributed by atoms with Crippen LogP contribution in [-0.2, 0) is 6.42 Å². The Morgan fingerprint density at radius 2 is 1.68 bits per heavy atom. The predicted octanol–water partition coefficient (Wildman–Crippen LogP) is 8.01. The van der Waals surface area contributed by atoms with Gasteiger partial charge in [0.15, 0.2) is 0 Å². The van der Waals surface area contributed by atoms with Crippen molar-refractivity contribution in [3.8, 4) is 11.1 Å². The molecule has 2 heteroatoms. The summed E-state index contributed by atoms with van der Waals surface area (Å²) in [7, 11) is 0. The lowest BCUT2D eigenvalue weighted by atomic mass is 9.91. The van der Waals surface area contributed by atoms with Gasteiger partial charge in [0, 0.05) is 35.5 Å². The second kappa shape index (κ2) is 6.30. The van der Waals surface area contributed by atoms with Gasteiger partial charge in [0.1, 0.15) is 0 Å². The van der Waals surface area contributed by atoms with Crippen molar-refractivity contribution < 1.29 is 0 Å². The van der Waals surface area contributed by atoms with E-state index in [4.69, 9.17) is 0 Å². The zero-order chi connectivity index (χ0) is 18.7. The van der Waals surface area contributed by atoms with Gasteiger partial charge in [0.05, 0.1) is 0 Å². The highest BCUT2D eigenvalue weighted by atomic mass is 32.1. The van der Waals surface area contributed by atoms with E-state index < -0.39 is 0 Å². The Balaban J connectivity index is 1.78. The molecular formula is C26H20S2. The number of unbranched alkanes of at least 4 members (excludes halogenated alkanes) is 1. The van der Waals surface area contributed by atoms with Crippen molar-refractivity contribution in [2.45, 2.75) is 26.2 Å². The van der Waals surface area contributed by atoms with Crippen LogP contribution < -0.4 is 0 Å². The van der Waals surface area contributed by atoms with Crippen LogP contribution in [0.25, 0.3) is 31.3 Å². The minimum absolute atomic E-state index is 1.20. The van der Waals surface area contributed by atoms with Gasteiger partial charge in [0.2, 0.25) is 0 Å². The highest BCUT2D eigenvalue weighted by Crippen LogP contribution is 2.41. The number of thiophene rings is 2. The Bertz CT molecular complexity index is 1540. The average molecular weight is 397 g/mol. The van der Waals surface area contributed by atoms with E-state index in [2.05, 4.69) is 73.0 Å². The second-order valence-corrected chi connectivity index (χ2v) is 9.62. The fourth-order valence-corrected chi connectivity index (χ4v) is 6.84. The normalized spacial score (nSPS) is 12.2. The van der Waals surface area contributed by atoms with Crippen molar-refractivity contribution in [2.24, 2.45) is 0 Å². The van der Waals surface area contributed by atoms with Gasteiger partial charge in [-0.2, -0.15) is 0 Å². The van der Waals surface area contributed by atoms with Crippen LogP contribution >= 0.6 is 22.7 Å². The molecule has 0 spiro atoms. The molecular weight excluding hydrogens is 376 g/mol. The van der Waals surface area contributed by atoms with Crippen molar-refractivity contribution in [3.05, 3.63) is 91.8 Å². The van der Waals surface area contributed by atoms with Gasteiger partial charge in [-0.05, 0) is 51.9 Å². The van der Waals surface area contributed by atoms with Crippen molar-refractivity contribution in [1.29, 1.82) is 0 Å². The Kier molecular flexibility index (Phi) is 3.72. The summed E-state index contributed by atoms with van der Waals surface area (Å²) in [4.78, 5) is 1.53. The summed E-state index contributed by atoms with van der Waals surface area (Å²) in [6.07, 6.45) is 3.73. The Morgan fingerprint density at radius 3 is 2.54 bits per heavy atom. The van der Waals surface area contributed by atoms with Crippen molar-refractivity contribution in [3.63, 3.8) is 0 Å². The molecule has 0 unspecified atom stereocenters. The lowest BCUT2D eigenvalue weighted by molar-refractivity contribution is 0.804. The molecule has 1 aliphatic carbocycles. The first kappa shape index (κ1) is 16.5. The molecule has 0 amide bonds. The summed E-state index contributed by atoms with van der Waals surface area (Å²) in [5.41, 5.74) is 2.67. The van der Waals surface area contributed by atoms with Crippen LogP contribution in [-0.4, -0.2) is 0 Å². The highest BCUT2D eigenvalue weighted by Gasteiger charge is 2.18. The Hall–Kier alpha value is -2.42. The molecule has 0 aliphatic heterocycles. The largest absolute Gasteiger partial charge is 0.143 e. The van der Waals surface area contributed by atoms with Gasteiger partial charge in [-0.1, -0.05) is 61.9 Å². The Morgan fingerprint density at radius 1 is 0.786 bits per heavy atom. The zero-order valence-electron chi connectivity index (χ0n) is 15.8. The number of aryl methyl sites for hydroxylation is 1. The average Bonchev–Trinajstić information content (AvgIpc) is 3.35. The lowest BCUT2D eigenvalue weighted by Gasteiger charge is -2.12. The van der Waals surface area contributed by atoms with E-state index >= 15 is 0 Å². The van der Waals surface area contributed by atoms with E-state index in [-0.39, 0.29) is 0 Å². The molecule has 0 bridgehead atoms. The summed E-state index contributed by atoms with van der Waals surface area (Å²) in [5.74, 6) is 0. The maximum atomic E-state index is 2.47. The third kappa shape index (κ3) is 2.22. The quantitative estimate of drug-likeness (QED) is 0.283. The fraction of sp³-hybridized carbons (Fsp3) is 0.154. The highest BCUT2D eigenvalue weighted by molar-refractivity contribution is 7.22. The molecule has 5 aromatic rings. The first-order valence-corrected chi connectivity index (χ1v) is 11.7. The molecule has 0 nitrogen and oxygen atoms in total. The first-order chi connectivity index (χ1) is 13.9. The van der Waals surface area contributed by atoms with Gasteiger partial charge < -0.3 is 0 Å². The molecule has 6 rings (SSSR count). The van der Waals surface area contributed by atoms with E-state index in [1.54, 1.807) is 0 Å². The molecule has 0 fully saturated rings. The summed E-state index contributed by atoms with van der Waals surface area (Å²) < 4.78 is 2.95. The van der Waals surface area contributed by atoms with Gasteiger partial charge in [-0.15, -0.1) is 22.7 Å². The summed E-state index contributed by atoms with van der Waals surface area (Å²) >= 11 is 3.91. The van der Waals surface area contributed by atoms with Crippen LogP contribution in [0.5, 0.6) is 0 Å². The molecule has 28 heavy (non-hydrogen) atoms. The summed E-state index contributed by atoms with van der Waals surface area (Å²) in [6, 6.07) is 22.4. The van der Waals surface area contributed by atoms with Crippen LogP contribution in [0.1, 0.15) is 24.6 Å². The van der Waals surface area contributed by atoms with Crippen molar-refractivity contribution in [1.82, 2.24) is 0 Å². The lowest BCUT2D eigenvalue weighted by Crippen LogP contribution is -1.95. The van der Waals surface area contributed by atoms with E-state index in [9.17, 15) is 0 Å². The third-order valence-electron chi connectivity index (χ3n) is 5.88. The van der Waals surface area contributed by atoms with Gasteiger partial charge in [-0.3, -0.25) is 0 Å². The van der Waals surface area contributed by atoms with Gasteiger partial charge in [-0.25, -0.2) is 0 Å². The van der Waals surface area contributed by atoms with Crippen LogP contribution in [0.15, 0.2) is 66.0 Å². The third-order valence-corrected chi connectivity index (χ3v) is 8.04. The van der Waals surface area contributed by atoms with Crippen molar-refractivity contribution in [2.75, 3.05) is 0 Å². The first-order valence-electron chi connectivity index (χ1n) is 10.0. The second-order valence-electron chi connectivity index (χ2n) is 7.57. The van der Waals surface area contributed by atoms with Gasteiger partial charge >= 0.3 is 0 Å². The van der Waals surface area contributed by atoms with Gasteiger partial charge in [0.25, 0.3) is 0 Å². The van der Waals surface area contributed by atoms with Crippen LogP contribution in [0.2, 0.25) is 0 Å². The van der Waals surface area contributed by atoms with E-state index in [1.165, 1.54) is 76.3 Å². The number of rotatable bonds is 4. The molecule has 0 N–H and O–H groups in total. The zero-order valence-corrected chi connectivity index (χ0v) is 17.4.